The number of methoxy groups -OCH3 is 1. The molecule has 140 valence electrons. The predicted octanol–water partition coefficient (Wildman–Crippen LogP) is 0.973. The molecule has 2 amide bonds. The van der Waals surface area contributed by atoms with Crippen molar-refractivity contribution in [2.24, 2.45) is 0 Å². The molecule has 0 spiro atoms. The Labute approximate surface area is 147 Å². The summed E-state index contributed by atoms with van der Waals surface area (Å²) in [6.45, 7) is 5.28. The quantitative estimate of drug-likeness (QED) is 0.586. The topological polar surface area (TPSA) is 97.5 Å². The summed E-state index contributed by atoms with van der Waals surface area (Å²) >= 11 is 0. The van der Waals surface area contributed by atoms with E-state index in [1.54, 1.807) is 25.7 Å². The zero-order valence-electron chi connectivity index (χ0n) is 15.1. The maximum Gasteiger partial charge on any atom is 0.408 e. The third kappa shape index (κ3) is 3.89. The highest BCUT2D eigenvalue weighted by Crippen LogP contribution is 2.39. The first-order chi connectivity index (χ1) is 11.7. The molecule has 0 saturated carbocycles. The van der Waals surface area contributed by atoms with Gasteiger partial charge in [-0.1, -0.05) is 0 Å². The van der Waals surface area contributed by atoms with Crippen LogP contribution in [0.2, 0.25) is 0 Å². The molecule has 0 aromatic rings. The van der Waals surface area contributed by atoms with Crippen molar-refractivity contribution in [3.8, 4) is 0 Å². The van der Waals surface area contributed by atoms with Gasteiger partial charge in [-0.2, -0.15) is 0 Å². The molecule has 0 unspecified atom stereocenters. The molecule has 25 heavy (non-hydrogen) atoms. The number of alkyl carbamates (subject to hydrolysis) is 1. The lowest BCUT2D eigenvalue weighted by molar-refractivity contribution is -0.153. The fourth-order valence-electron chi connectivity index (χ4n) is 3.76. The number of fused-ring (bicyclic) bond motifs is 2. The fraction of sp³-hybridized carbons (Fsp3) is 0.824. The van der Waals surface area contributed by atoms with E-state index in [2.05, 4.69) is 5.32 Å². The molecule has 0 aliphatic carbocycles. The van der Waals surface area contributed by atoms with Crippen LogP contribution in [0.4, 0.5) is 4.79 Å². The smallest absolute Gasteiger partial charge is 0.408 e. The average Bonchev–Trinajstić information content (AvgIpc) is 3.07. The van der Waals surface area contributed by atoms with Gasteiger partial charge in [0, 0.05) is 12.5 Å². The maximum absolute atomic E-state index is 13.1. The molecule has 0 aromatic heterocycles. The molecule has 3 rings (SSSR count). The lowest BCUT2D eigenvalue weighted by Crippen LogP contribution is -2.56. The van der Waals surface area contributed by atoms with E-state index in [0.717, 1.165) is 12.8 Å². The zero-order chi connectivity index (χ0) is 18.4. The van der Waals surface area contributed by atoms with Crippen LogP contribution in [0.5, 0.6) is 0 Å². The standard InChI is InChI=1S/C17H26N2O6/c1-17(2,3)25-16(22)18-10-8-13-12(24-13)7-9-5-6-11(15(21)23-4)19(9)14(10)20/h9-13H,5-8H2,1-4H3,(H,18,22)/t9-,10+,11+,12+,13-/m1/s1. The van der Waals surface area contributed by atoms with Crippen molar-refractivity contribution in [2.45, 2.75) is 82.4 Å². The summed E-state index contributed by atoms with van der Waals surface area (Å²) in [5, 5.41) is 2.66. The predicted molar refractivity (Wildman–Crippen MR) is 86.7 cm³/mol. The Bertz CT molecular complexity index is 572. The second-order valence-electron chi connectivity index (χ2n) is 7.90. The van der Waals surface area contributed by atoms with E-state index in [-0.39, 0.29) is 24.2 Å². The third-order valence-corrected chi connectivity index (χ3v) is 4.88. The summed E-state index contributed by atoms with van der Waals surface area (Å²) in [7, 11) is 1.32. The van der Waals surface area contributed by atoms with E-state index in [0.29, 0.717) is 12.8 Å². The number of ether oxygens (including phenoxy) is 3. The van der Waals surface area contributed by atoms with Gasteiger partial charge in [-0.3, -0.25) is 4.79 Å². The molecule has 0 aromatic carbocycles. The lowest BCUT2D eigenvalue weighted by atomic mass is 9.99. The molecule has 8 heteroatoms. The minimum absolute atomic E-state index is 0.0248. The Hall–Kier alpha value is -1.83. The van der Waals surface area contributed by atoms with E-state index < -0.39 is 29.7 Å². The molecular weight excluding hydrogens is 328 g/mol. The van der Waals surface area contributed by atoms with Crippen molar-refractivity contribution in [1.82, 2.24) is 10.2 Å². The van der Waals surface area contributed by atoms with Crippen LogP contribution in [-0.4, -0.2) is 65.9 Å². The van der Waals surface area contributed by atoms with E-state index in [9.17, 15) is 14.4 Å². The molecule has 3 saturated heterocycles. The van der Waals surface area contributed by atoms with Crippen LogP contribution >= 0.6 is 0 Å². The third-order valence-electron chi connectivity index (χ3n) is 4.88. The number of hydrogen-bond donors (Lipinski definition) is 1. The normalized spacial score (nSPS) is 34.3. The highest BCUT2D eigenvalue weighted by Gasteiger charge is 2.52. The molecule has 3 fully saturated rings. The molecular formula is C17H26N2O6. The van der Waals surface area contributed by atoms with Crippen molar-refractivity contribution < 1.29 is 28.6 Å². The van der Waals surface area contributed by atoms with Gasteiger partial charge < -0.3 is 24.4 Å². The van der Waals surface area contributed by atoms with Gasteiger partial charge in [0.2, 0.25) is 5.91 Å². The van der Waals surface area contributed by atoms with Crippen molar-refractivity contribution in [3.05, 3.63) is 0 Å². The average molecular weight is 354 g/mol. The summed E-state index contributed by atoms with van der Waals surface area (Å²) in [5.74, 6) is -0.682. The van der Waals surface area contributed by atoms with E-state index in [1.165, 1.54) is 7.11 Å². The largest absolute Gasteiger partial charge is 0.467 e. The minimum atomic E-state index is -0.766. The Kier molecular flexibility index (Phi) is 4.66. The minimum Gasteiger partial charge on any atom is -0.467 e. The molecule has 8 nitrogen and oxygen atoms in total. The van der Waals surface area contributed by atoms with Gasteiger partial charge >= 0.3 is 12.1 Å². The lowest BCUT2D eigenvalue weighted by Gasteiger charge is -2.33. The van der Waals surface area contributed by atoms with Crippen molar-refractivity contribution in [2.75, 3.05) is 7.11 Å². The maximum atomic E-state index is 13.1. The van der Waals surface area contributed by atoms with E-state index in [1.807, 2.05) is 0 Å². The number of nitrogens with zero attached hydrogens (tertiary/aromatic N) is 1. The van der Waals surface area contributed by atoms with Crippen molar-refractivity contribution in [1.29, 1.82) is 0 Å². The molecule has 3 heterocycles. The summed E-state index contributed by atoms with van der Waals surface area (Å²) < 4.78 is 15.8. The summed E-state index contributed by atoms with van der Waals surface area (Å²) in [5.41, 5.74) is -0.655. The van der Waals surface area contributed by atoms with Gasteiger partial charge in [0.1, 0.15) is 17.7 Å². The van der Waals surface area contributed by atoms with Crippen LogP contribution in [0.3, 0.4) is 0 Å². The Morgan fingerprint density at radius 1 is 1.20 bits per heavy atom. The van der Waals surface area contributed by atoms with E-state index >= 15 is 0 Å². The van der Waals surface area contributed by atoms with Crippen molar-refractivity contribution in [3.63, 3.8) is 0 Å². The van der Waals surface area contributed by atoms with Gasteiger partial charge in [-0.05, 0) is 40.0 Å². The van der Waals surface area contributed by atoms with E-state index in [4.69, 9.17) is 14.2 Å². The molecule has 0 radical (unpaired) electrons. The first kappa shape index (κ1) is 18.0. The highest BCUT2D eigenvalue weighted by atomic mass is 16.6. The van der Waals surface area contributed by atoms with Gasteiger partial charge in [0.05, 0.1) is 19.3 Å². The SMILES string of the molecule is COC(=O)[C@@H]1CC[C@@H]2C[C@@H]3O[C@@H]3C[C@H](NC(=O)OC(C)(C)C)C(=O)N21. The van der Waals surface area contributed by atoms with Crippen LogP contribution in [0.25, 0.3) is 0 Å². The first-order valence-electron chi connectivity index (χ1n) is 8.74. The van der Waals surface area contributed by atoms with Gasteiger partial charge in [0.25, 0.3) is 0 Å². The fourth-order valence-corrected chi connectivity index (χ4v) is 3.76. The number of nitrogens with one attached hydrogen (secondary N) is 1. The monoisotopic (exact) mass is 354 g/mol. The van der Waals surface area contributed by atoms with Crippen molar-refractivity contribution >= 4 is 18.0 Å². The molecule has 5 atom stereocenters. The Morgan fingerprint density at radius 3 is 2.52 bits per heavy atom. The Morgan fingerprint density at radius 2 is 1.88 bits per heavy atom. The molecule has 1 N–H and O–H groups in total. The number of hydrogen-bond acceptors (Lipinski definition) is 6. The van der Waals surface area contributed by atoms with Crippen LogP contribution in [-0.2, 0) is 23.8 Å². The first-order valence-corrected chi connectivity index (χ1v) is 8.74. The second-order valence-corrected chi connectivity index (χ2v) is 7.90. The molecule has 3 aliphatic rings. The molecule has 3 aliphatic heterocycles. The highest BCUT2D eigenvalue weighted by molar-refractivity contribution is 5.90. The Balaban J connectivity index is 1.77. The number of carbonyl (C=O) groups is 3. The van der Waals surface area contributed by atoms with Gasteiger partial charge in [0.15, 0.2) is 0 Å². The summed E-state index contributed by atoms with van der Waals surface area (Å²) in [6, 6.07) is -1.42. The van der Waals surface area contributed by atoms with Gasteiger partial charge in [-0.15, -0.1) is 0 Å². The van der Waals surface area contributed by atoms with Crippen LogP contribution in [0.1, 0.15) is 46.5 Å². The number of amides is 2. The number of carbonyl (C=O) groups excluding carboxylic acids is 3. The number of epoxide rings is 1. The summed E-state index contributed by atoms with van der Waals surface area (Å²) in [4.78, 5) is 38.8. The second kappa shape index (κ2) is 6.48. The van der Waals surface area contributed by atoms with Gasteiger partial charge in [-0.25, -0.2) is 9.59 Å². The number of rotatable bonds is 2. The summed E-state index contributed by atoms with van der Waals surface area (Å²) in [6.07, 6.45) is 1.83. The molecule has 0 bridgehead atoms. The van der Waals surface area contributed by atoms with Crippen LogP contribution < -0.4 is 5.32 Å². The number of esters is 1. The van der Waals surface area contributed by atoms with Crippen LogP contribution in [0.15, 0.2) is 0 Å². The van der Waals surface area contributed by atoms with Crippen LogP contribution in [0, 0.1) is 0 Å². The zero-order valence-corrected chi connectivity index (χ0v) is 15.1.